The maximum Gasteiger partial charge on any atom is 0.185 e. The molecular weight excluding hydrogens is 499 g/mol. The second-order valence-corrected chi connectivity index (χ2v) is 7.78. The van der Waals surface area contributed by atoms with Crippen molar-refractivity contribution in [1.82, 2.24) is 0 Å². The van der Waals surface area contributed by atoms with Gasteiger partial charge in [0, 0.05) is 16.1 Å². The third-order valence-corrected chi connectivity index (χ3v) is 5.32. The topological polar surface area (TPSA) is 35.5 Å². The summed E-state index contributed by atoms with van der Waals surface area (Å²) in [6.07, 6.45) is 3.36. The van der Waals surface area contributed by atoms with Gasteiger partial charge in [0.25, 0.3) is 0 Å². The van der Waals surface area contributed by atoms with Crippen molar-refractivity contribution in [1.29, 1.82) is 0 Å². The third-order valence-electron chi connectivity index (χ3n) is 4.15. The van der Waals surface area contributed by atoms with Crippen molar-refractivity contribution in [3.8, 4) is 11.5 Å². The molecule has 3 aromatic rings. The van der Waals surface area contributed by atoms with Gasteiger partial charge in [0.1, 0.15) is 6.61 Å². The monoisotopic (exact) mass is 518 g/mol. The SMILES string of the molecule is CCOc1cc(/C=C/C(=O)c2ccccc2)cc(I)c1OCc1ccccc1Cl. The molecule has 3 aromatic carbocycles. The number of rotatable bonds is 8. The van der Waals surface area contributed by atoms with Gasteiger partial charge in [-0.25, -0.2) is 0 Å². The van der Waals surface area contributed by atoms with E-state index in [0.717, 1.165) is 14.7 Å². The Morgan fingerprint density at radius 3 is 2.48 bits per heavy atom. The van der Waals surface area contributed by atoms with Gasteiger partial charge in [-0.3, -0.25) is 4.79 Å². The van der Waals surface area contributed by atoms with Gasteiger partial charge in [-0.2, -0.15) is 0 Å². The summed E-state index contributed by atoms with van der Waals surface area (Å²) in [5, 5.41) is 0.666. The molecule has 29 heavy (non-hydrogen) atoms. The Morgan fingerprint density at radius 1 is 1.03 bits per heavy atom. The van der Waals surface area contributed by atoms with Crippen LogP contribution < -0.4 is 9.47 Å². The Hall–Kier alpha value is -2.31. The zero-order chi connectivity index (χ0) is 20.6. The van der Waals surface area contributed by atoms with E-state index in [-0.39, 0.29) is 5.78 Å². The smallest absolute Gasteiger partial charge is 0.185 e. The highest BCUT2D eigenvalue weighted by molar-refractivity contribution is 14.1. The molecule has 0 aromatic heterocycles. The first kappa shape index (κ1) is 21.4. The van der Waals surface area contributed by atoms with Crippen LogP contribution in [0.1, 0.15) is 28.4 Å². The van der Waals surface area contributed by atoms with Gasteiger partial charge in [-0.1, -0.05) is 66.2 Å². The van der Waals surface area contributed by atoms with Gasteiger partial charge in [0.2, 0.25) is 0 Å². The molecule has 0 spiro atoms. The lowest BCUT2D eigenvalue weighted by molar-refractivity contribution is 0.104. The van der Waals surface area contributed by atoms with E-state index >= 15 is 0 Å². The van der Waals surface area contributed by atoms with Gasteiger partial charge in [-0.05, 0) is 59.4 Å². The van der Waals surface area contributed by atoms with Crippen LogP contribution in [0.5, 0.6) is 11.5 Å². The first-order chi connectivity index (χ1) is 14.1. The largest absolute Gasteiger partial charge is 0.490 e. The normalized spacial score (nSPS) is 10.9. The Morgan fingerprint density at radius 2 is 1.76 bits per heavy atom. The fourth-order valence-electron chi connectivity index (χ4n) is 2.72. The molecule has 3 rings (SSSR count). The van der Waals surface area contributed by atoms with Crippen molar-refractivity contribution in [2.24, 2.45) is 0 Å². The molecule has 0 heterocycles. The van der Waals surface area contributed by atoms with E-state index in [1.807, 2.05) is 61.5 Å². The molecule has 0 radical (unpaired) electrons. The number of hydrogen-bond acceptors (Lipinski definition) is 3. The number of carbonyl (C=O) groups is 1. The molecule has 0 N–H and O–H groups in total. The standard InChI is InChI=1S/C24H20ClIO3/c1-2-28-23-15-17(12-13-22(27)18-8-4-3-5-9-18)14-21(26)24(23)29-16-19-10-6-7-11-20(19)25/h3-15H,2,16H2,1H3/b13-12+. The number of halogens is 2. The van der Waals surface area contributed by atoms with Gasteiger partial charge in [-0.15, -0.1) is 0 Å². The molecule has 0 saturated heterocycles. The summed E-state index contributed by atoms with van der Waals surface area (Å²) >= 11 is 8.44. The average Bonchev–Trinajstić information content (AvgIpc) is 2.73. The minimum absolute atomic E-state index is 0.0439. The van der Waals surface area contributed by atoms with Crippen LogP contribution in [0.15, 0.2) is 72.8 Å². The Kier molecular flexibility index (Phi) is 7.72. The second-order valence-electron chi connectivity index (χ2n) is 6.21. The molecule has 0 aliphatic carbocycles. The van der Waals surface area contributed by atoms with Crippen molar-refractivity contribution in [2.75, 3.05) is 6.61 Å². The van der Waals surface area contributed by atoms with Crippen LogP contribution in [0.4, 0.5) is 0 Å². The van der Waals surface area contributed by atoms with E-state index in [9.17, 15) is 4.79 Å². The number of ketones is 1. The van der Waals surface area contributed by atoms with Gasteiger partial charge >= 0.3 is 0 Å². The molecule has 0 aliphatic rings. The van der Waals surface area contributed by atoms with Crippen LogP contribution >= 0.6 is 34.2 Å². The third kappa shape index (κ3) is 5.84. The molecule has 148 valence electrons. The summed E-state index contributed by atoms with van der Waals surface area (Å²) in [5.41, 5.74) is 2.43. The minimum Gasteiger partial charge on any atom is -0.490 e. The lowest BCUT2D eigenvalue weighted by Crippen LogP contribution is -2.02. The maximum absolute atomic E-state index is 12.3. The molecular formula is C24H20ClIO3. The predicted molar refractivity (Wildman–Crippen MR) is 126 cm³/mol. The molecule has 3 nitrogen and oxygen atoms in total. The Bertz CT molecular complexity index is 1020. The lowest BCUT2D eigenvalue weighted by Gasteiger charge is -2.15. The van der Waals surface area contributed by atoms with Crippen molar-refractivity contribution in [3.05, 3.63) is 98.1 Å². The summed E-state index contributed by atoms with van der Waals surface area (Å²) in [7, 11) is 0. The van der Waals surface area contributed by atoms with Crippen LogP contribution in [-0.2, 0) is 6.61 Å². The van der Waals surface area contributed by atoms with Crippen LogP contribution in [-0.4, -0.2) is 12.4 Å². The Labute approximate surface area is 189 Å². The first-order valence-corrected chi connectivity index (χ1v) is 10.6. The molecule has 0 unspecified atom stereocenters. The summed E-state index contributed by atoms with van der Waals surface area (Å²) in [5.74, 6) is 1.26. The van der Waals surface area contributed by atoms with Gasteiger partial charge in [0.05, 0.1) is 10.2 Å². The highest BCUT2D eigenvalue weighted by atomic mass is 127. The van der Waals surface area contributed by atoms with Crippen LogP contribution in [0.2, 0.25) is 5.02 Å². The summed E-state index contributed by atoms with van der Waals surface area (Å²) in [6, 6.07) is 20.6. The molecule has 0 saturated carbocycles. The molecule has 5 heteroatoms. The lowest BCUT2D eigenvalue weighted by atomic mass is 10.1. The average molecular weight is 519 g/mol. The van der Waals surface area contributed by atoms with Gasteiger partial charge < -0.3 is 9.47 Å². The highest BCUT2D eigenvalue weighted by Crippen LogP contribution is 2.35. The van der Waals surface area contributed by atoms with E-state index in [4.69, 9.17) is 21.1 Å². The molecule has 0 aliphatic heterocycles. The molecule has 0 bridgehead atoms. The molecule has 0 fully saturated rings. The van der Waals surface area contributed by atoms with Crippen molar-refractivity contribution >= 4 is 46.1 Å². The van der Waals surface area contributed by atoms with Crippen LogP contribution in [0.3, 0.4) is 0 Å². The van der Waals surface area contributed by atoms with E-state index in [2.05, 4.69) is 22.6 Å². The predicted octanol–water partition coefficient (Wildman–Crippen LogP) is 6.82. The van der Waals surface area contributed by atoms with Crippen molar-refractivity contribution in [3.63, 3.8) is 0 Å². The molecule has 0 amide bonds. The fraction of sp³-hybridized carbons (Fsp3) is 0.125. The van der Waals surface area contributed by atoms with E-state index < -0.39 is 0 Å². The summed E-state index contributed by atoms with van der Waals surface area (Å²) < 4.78 is 12.7. The number of allylic oxidation sites excluding steroid dienone is 1. The van der Waals surface area contributed by atoms with E-state index in [1.54, 1.807) is 24.3 Å². The van der Waals surface area contributed by atoms with Crippen LogP contribution in [0.25, 0.3) is 6.08 Å². The molecule has 0 atom stereocenters. The number of benzene rings is 3. The number of carbonyl (C=O) groups excluding carboxylic acids is 1. The Balaban J connectivity index is 1.81. The zero-order valence-electron chi connectivity index (χ0n) is 15.9. The summed E-state index contributed by atoms with van der Waals surface area (Å²) in [4.78, 5) is 12.3. The quantitative estimate of drug-likeness (QED) is 0.186. The van der Waals surface area contributed by atoms with E-state index in [0.29, 0.717) is 35.3 Å². The second kappa shape index (κ2) is 10.5. The van der Waals surface area contributed by atoms with Crippen LogP contribution in [0, 0.1) is 3.57 Å². The zero-order valence-corrected chi connectivity index (χ0v) is 18.8. The van der Waals surface area contributed by atoms with Crippen molar-refractivity contribution in [2.45, 2.75) is 13.5 Å². The highest BCUT2D eigenvalue weighted by Gasteiger charge is 2.13. The minimum atomic E-state index is -0.0439. The summed E-state index contributed by atoms with van der Waals surface area (Å²) in [6.45, 7) is 2.78. The number of ether oxygens (including phenoxy) is 2. The van der Waals surface area contributed by atoms with Crippen molar-refractivity contribution < 1.29 is 14.3 Å². The maximum atomic E-state index is 12.3. The van der Waals surface area contributed by atoms with Gasteiger partial charge in [0.15, 0.2) is 17.3 Å². The fourth-order valence-corrected chi connectivity index (χ4v) is 3.69. The first-order valence-electron chi connectivity index (χ1n) is 9.18. The number of hydrogen-bond donors (Lipinski definition) is 0. The van der Waals surface area contributed by atoms with E-state index in [1.165, 1.54) is 0 Å².